The number of sulfonamides is 1. The van der Waals surface area contributed by atoms with Gasteiger partial charge in [-0.1, -0.05) is 23.7 Å². The Kier molecular flexibility index (Phi) is 3.01. The highest BCUT2D eigenvalue weighted by Gasteiger charge is 2.10. The molecule has 7 heteroatoms. The van der Waals surface area contributed by atoms with Crippen molar-refractivity contribution in [3.8, 4) is 11.1 Å². The van der Waals surface area contributed by atoms with Crippen molar-refractivity contribution in [1.82, 2.24) is 9.61 Å². The van der Waals surface area contributed by atoms with E-state index in [9.17, 15) is 8.42 Å². The lowest BCUT2D eigenvalue weighted by Gasteiger charge is -2.02. The molecule has 0 amide bonds. The number of benzene rings is 1. The molecule has 1 aromatic carbocycles. The largest absolute Gasteiger partial charge is 0.239 e. The van der Waals surface area contributed by atoms with Gasteiger partial charge in [0.1, 0.15) is 0 Å². The van der Waals surface area contributed by atoms with Crippen LogP contribution >= 0.6 is 11.6 Å². The van der Waals surface area contributed by atoms with E-state index < -0.39 is 10.0 Å². The van der Waals surface area contributed by atoms with Gasteiger partial charge in [0.05, 0.1) is 21.6 Å². The molecule has 0 radical (unpaired) electrons. The average Bonchev–Trinajstić information content (AvgIpc) is 2.80. The van der Waals surface area contributed by atoms with Crippen LogP contribution in [0.1, 0.15) is 0 Å². The van der Waals surface area contributed by atoms with E-state index in [1.807, 2.05) is 6.07 Å². The molecule has 0 atom stereocenters. The summed E-state index contributed by atoms with van der Waals surface area (Å²) in [4.78, 5) is 0.0840. The van der Waals surface area contributed by atoms with Crippen LogP contribution in [-0.2, 0) is 10.0 Å². The fraction of sp³-hybridized carbons (Fsp3) is 0. The van der Waals surface area contributed by atoms with Gasteiger partial charge in [-0.25, -0.2) is 18.1 Å². The SMILES string of the molecule is NS(=O)(=O)c1ccc(-c2cnn3cc(Cl)ccc23)cc1. The van der Waals surface area contributed by atoms with Crippen molar-refractivity contribution in [3.05, 3.63) is 53.8 Å². The summed E-state index contributed by atoms with van der Waals surface area (Å²) in [5.41, 5.74) is 2.63. The van der Waals surface area contributed by atoms with Crippen molar-refractivity contribution in [2.24, 2.45) is 5.14 Å². The third-order valence-corrected chi connectivity index (χ3v) is 4.13. The maximum atomic E-state index is 11.2. The zero-order valence-electron chi connectivity index (χ0n) is 10.2. The van der Waals surface area contributed by atoms with Crippen molar-refractivity contribution >= 4 is 27.1 Å². The zero-order valence-corrected chi connectivity index (χ0v) is 11.8. The predicted octanol–water partition coefficient (Wildman–Crippen LogP) is 2.30. The van der Waals surface area contributed by atoms with Crippen molar-refractivity contribution in [2.45, 2.75) is 4.90 Å². The number of hydrogen-bond donors (Lipinski definition) is 1. The summed E-state index contributed by atoms with van der Waals surface area (Å²) in [6.45, 7) is 0. The highest BCUT2D eigenvalue weighted by atomic mass is 35.5. The van der Waals surface area contributed by atoms with Crippen molar-refractivity contribution in [1.29, 1.82) is 0 Å². The van der Waals surface area contributed by atoms with E-state index >= 15 is 0 Å². The summed E-state index contributed by atoms with van der Waals surface area (Å²) < 4.78 is 24.1. The highest BCUT2D eigenvalue weighted by Crippen LogP contribution is 2.26. The number of primary sulfonamides is 1. The second-order valence-electron chi connectivity index (χ2n) is 4.30. The van der Waals surface area contributed by atoms with Gasteiger partial charge >= 0.3 is 0 Å². The van der Waals surface area contributed by atoms with Gasteiger partial charge in [-0.15, -0.1) is 0 Å². The standard InChI is InChI=1S/C13H10ClN3O2S/c14-10-3-6-13-12(7-16-17(13)8-10)9-1-4-11(5-2-9)20(15,18)19/h1-8H,(H2,15,18,19). The molecule has 102 valence electrons. The second kappa shape index (κ2) is 4.59. The minimum Gasteiger partial charge on any atom is -0.239 e. The number of hydrogen-bond acceptors (Lipinski definition) is 3. The number of nitrogens with zero attached hydrogens (tertiary/aromatic N) is 2. The number of pyridine rings is 1. The Labute approximate surface area is 120 Å². The predicted molar refractivity (Wildman–Crippen MR) is 77.0 cm³/mol. The molecule has 0 unspecified atom stereocenters. The quantitative estimate of drug-likeness (QED) is 0.789. The normalized spacial score (nSPS) is 11.9. The molecule has 0 fully saturated rings. The Morgan fingerprint density at radius 3 is 2.45 bits per heavy atom. The number of halogens is 1. The van der Waals surface area contributed by atoms with E-state index in [4.69, 9.17) is 16.7 Å². The molecule has 3 aromatic rings. The fourth-order valence-electron chi connectivity index (χ4n) is 2.01. The van der Waals surface area contributed by atoms with Crippen LogP contribution in [0.15, 0.2) is 53.7 Å². The van der Waals surface area contributed by atoms with Gasteiger partial charge in [-0.3, -0.25) is 0 Å². The van der Waals surface area contributed by atoms with E-state index in [0.29, 0.717) is 5.02 Å². The minimum absolute atomic E-state index is 0.0840. The Morgan fingerprint density at radius 1 is 1.10 bits per heavy atom. The van der Waals surface area contributed by atoms with Crippen LogP contribution in [0.4, 0.5) is 0 Å². The first-order valence-corrected chi connectivity index (χ1v) is 7.64. The van der Waals surface area contributed by atoms with Gasteiger partial charge in [0, 0.05) is 11.8 Å². The van der Waals surface area contributed by atoms with Gasteiger partial charge in [-0.2, -0.15) is 5.10 Å². The molecular formula is C13H10ClN3O2S. The average molecular weight is 308 g/mol. The molecule has 0 saturated carbocycles. The number of fused-ring (bicyclic) bond motifs is 1. The highest BCUT2D eigenvalue weighted by molar-refractivity contribution is 7.89. The third-order valence-electron chi connectivity index (χ3n) is 2.97. The van der Waals surface area contributed by atoms with Crippen LogP contribution in [0, 0.1) is 0 Å². The maximum absolute atomic E-state index is 11.2. The van der Waals surface area contributed by atoms with Gasteiger partial charge in [0.2, 0.25) is 10.0 Å². The van der Waals surface area contributed by atoms with Gasteiger partial charge < -0.3 is 0 Å². The van der Waals surface area contributed by atoms with Crippen molar-refractivity contribution in [3.63, 3.8) is 0 Å². The van der Waals surface area contributed by atoms with Crippen LogP contribution in [-0.4, -0.2) is 18.0 Å². The topological polar surface area (TPSA) is 77.5 Å². The van der Waals surface area contributed by atoms with Gasteiger partial charge in [0.25, 0.3) is 0 Å². The molecule has 3 rings (SSSR count). The Bertz CT molecular complexity index is 886. The summed E-state index contributed by atoms with van der Waals surface area (Å²) in [5.74, 6) is 0. The Balaban J connectivity index is 2.12. The first-order valence-electron chi connectivity index (χ1n) is 5.71. The van der Waals surface area contributed by atoms with Gasteiger partial charge in [0.15, 0.2) is 0 Å². The molecule has 0 bridgehead atoms. The lowest BCUT2D eigenvalue weighted by Crippen LogP contribution is -2.11. The first-order chi connectivity index (χ1) is 9.45. The molecule has 2 heterocycles. The van der Waals surface area contributed by atoms with E-state index in [1.54, 1.807) is 35.1 Å². The molecule has 0 aliphatic carbocycles. The first kappa shape index (κ1) is 13.1. The van der Waals surface area contributed by atoms with Gasteiger partial charge in [-0.05, 0) is 29.8 Å². The van der Waals surface area contributed by atoms with Crippen LogP contribution in [0.5, 0.6) is 0 Å². The van der Waals surface area contributed by atoms with Crippen LogP contribution < -0.4 is 5.14 Å². The summed E-state index contributed by atoms with van der Waals surface area (Å²) >= 11 is 5.90. The molecule has 5 nitrogen and oxygen atoms in total. The lowest BCUT2D eigenvalue weighted by atomic mass is 10.1. The van der Waals surface area contributed by atoms with E-state index in [0.717, 1.165) is 16.6 Å². The Hall–Kier alpha value is -1.89. The smallest absolute Gasteiger partial charge is 0.238 e. The van der Waals surface area contributed by atoms with E-state index in [1.165, 1.54) is 12.1 Å². The third kappa shape index (κ3) is 2.29. The van der Waals surface area contributed by atoms with Crippen molar-refractivity contribution in [2.75, 3.05) is 0 Å². The summed E-state index contributed by atoms with van der Waals surface area (Å²) in [5, 5.41) is 9.88. The lowest BCUT2D eigenvalue weighted by molar-refractivity contribution is 0.598. The fourth-order valence-corrected chi connectivity index (χ4v) is 2.68. The van der Waals surface area contributed by atoms with Crippen LogP contribution in [0.3, 0.4) is 0 Å². The molecule has 2 N–H and O–H groups in total. The molecule has 0 saturated heterocycles. The molecule has 0 spiro atoms. The van der Waals surface area contributed by atoms with Crippen molar-refractivity contribution < 1.29 is 8.42 Å². The number of rotatable bonds is 2. The second-order valence-corrected chi connectivity index (χ2v) is 6.30. The monoisotopic (exact) mass is 307 g/mol. The zero-order chi connectivity index (χ0) is 14.3. The number of nitrogens with two attached hydrogens (primary N) is 1. The van der Waals surface area contributed by atoms with E-state index in [-0.39, 0.29) is 4.90 Å². The molecular weight excluding hydrogens is 298 g/mol. The summed E-state index contributed by atoms with van der Waals surface area (Å²) in [6.07, 6.45) is 3.41. The number of aromatic nitrogens is 2. The molecule has 2 aromatic heterocycles. The minimum atomic E-state index is -3.67. The van der Waals surface area contributed by atoms with E-state index in [2.05, 4.69) is 5.10 Å². The molecule has 0 aliphatic rings. The summed E-state index contributed by atoms with van der Waals surface area (Å²) in [6, 6.07) is 9.99. The van der Waals surface area contributed by atoms with Crippen LogP contribution in [0.2, 0.25) is 5.02 Å². The van der Waals surface area contributed by atoms with Crippen LogP contribution in [0.25, 0.3) is 16.6 Å². The molecule has 20 heavy (non-hydrogen) atoms. The molecule has 0 aliphatic heterocycles. The maximum Gasteiger partial charge on any atom is 0.238 e. The Morgan fingerprint density at radius 2 is 1.80 bits per heavy atom. The summed E-state index contributed by atoms with van der Waals surface area (Å²) in [7, 11) is -3.67.